The average Bonchev–Trinajstić information content (AvgIpc) is 2.72. The van der Waals surface area contributed by atoms with Crippen molar-refractivity contribution in [3.8, 4) is 0 Å². The molecule has 2 aromatic rings. The Hall–Kier alpha value is -1.91. The molecule has 2 aromatic heterocycles. The molecule has 0 atom stereocenters. The number of furan rings is 1. The summed E-state index contributed by atoms with van der Waals surface area (Å²) in [5.41, 5.74) is 7.42. The minimum absolute atomic E-state index is 0.608. The van der Waals surface area contributed by atoms with E-state index in [1.165, 1.54) is 0 Å². The second-order valence-electron chi connectivity index (χ2n) is 3.84. The van der Waals surface area contributed by atoms with Gasteiger partial charge in [-0.3, -0.25) is 4.68 Å². The number of nitrogens with one attached hydrogen (secondary N) is 1. The van der Waals surface area contributed by atoms with E-state index in [1.54, 1.807) is 4.68 Å². The van der Waals surface area contributed by atoms with E-state index in [1.807, 2.05) is 33.0 Å². The summed E-state index contributed by atoms with van der Waals surface area (Å²) in [6.45, 7) is 4.42. The molecule has 0 aliphatic rings. The highest BCUT2D eigenvalue weighted by atomic mass is 16.3. The lowest BCUT2D eigenvalue weighted by molar-refractivity contribution is 0.490. The largest absolute Gasteiger partial charge is 0.465 e. The minimum atomic E-state index is 0.608. The summed E-state index contributed by atoms with van der Waals surface area (Å²) in [5, 5.41) is 7.44. The van der Waals surface area contributed by atoms with Crippen molar-refractivity contribution in [1.82, 2.24) is 9.78 Å². The van der Waals surface area contributed by atoms with Gasteiger partial charge in [-0.25, -0.2) is 0 Å². The van der Waals surface area contributed by atoms with E-state index in [2.05, 4.69) is 10.4 Å². The second-order valence-corrected chi connectivity index (χ2v) is 3.84. The normalized spacial score (nSPS) is 10.7. The first-order valence-electron chi connectivity index (χ1n) is 5.16. The molecule has 86 valence electrons. The highest BCUT2D eigenvalue weighted by Crippen LogP contribution is 2.21. The number of nitrogens with zero attached hydrogens (tertiary/aromatic N) is 2. The van der Waals surface area contributed by atoms with Crippen LogP contribution in [-0.4, -0.2) is 9.78 Å². The molecule has 5 nitrogen and oxygen atoms in total. The Morgan fingerprint density at radius 3 is 2.69 bits per heavy atom. The lowest BCUT2D eigenvalue weighted by Crippen LogP contribution is -2.05. The van der Waals surface area contributed by atoms with Crippen LogP contribution >= 0.6 is 0 Å². The van der Waals surface area contributed by atoms with Crippen LogP contribution in [0.2, 0.25) is 0 Å². The highest BCUT2D eigenvalue weighted by molar-refractivity contribution is 5.64. The summed E-state index contributed by atoms with van der Waals surface area (Å²) < 4.78 is 7.20. The van der Waals surface area contributed by atoms with Crippen LogP contribution in [0.4, 0.5) is 11.5 Å². The van der Waals surface area contributed by atoms with Crippen molar-refractivity contribution < 1.29 is 4.42 Å². The van der Waals surface area contributed by atoms with Crippen LogP contribution in [0.3, 0.4) is 0 Å². The summed E-state index contributed by atoms with van der Waals surface area (Å²) in [5.74, 6) is 2.62. The molecule has 0 spiro atoms. The first kappa shape index (κ1) is 10.6. The lowest BCUT2D eigenvalue weighted by atomic mass is 10.3. The van der Waals surface area contributed by atoms with E-state index in [4.69, 9.17) is 10.2 Å². The maximum absolute atomic E-state index is 5.90. The van der Waals surface area contributed by atoms with Gasteiger partial charge < -0.3 is 15.5 Å². The third kappa shape index (κ3) is 1.88. The Morgan fingerprint density at radius 2 is 2.19 bits per heavy atom. The quantitative estimate of drug-likeness (QED) is 0.827. The molecule has 2 heterocycles. The zero-order valence-corrected chi connectivity index (χ0v) is 9.74. The van der Waals surface area contributed by atoms with Crippen LogP contribution in [0.5, 0.6) is 0 Å². The molecule has 0 aliphatic heterocycles. The SMILES string of the molecule is Cc1ccc(CNc2c(N)c(C)nn2C)o1. The molecule has 0 saturated carbocycles. The number of aromatic nitrogens is 2. The predicted molar refractivity (Wildman–Crippen MR) is 63.1 cm³/mol. The van der Waals surface area contributed by atoms with E-state index < -0.39 is 0 Å². The monoisotopic (exact) mass is 220 g/mol. The number of rotatable bonds is 3. The Morgan fingerprint density at radius 1 is 1.44 bits per heavy atom. The number of hydrogen-bond donors (Lipinski definition) is 2. The zero-order chi connectivity index (χ0) is 11.7. The molecule has 0 bridgehead atoms. The van der Waals surface area contributed by atoms with E-state index in [0.717, 1.165) is 23.0 Å². The molecule has 0 aromatic carbocycles. The van der Waals surface area contributed by atoms with Gasteiger partial charge in [0.2, 0.25) is 0 Å². The number of aryl methyl sites for hydroxylation is 3. The molecule has 0 saturated heterocycles. The number of nitrogen functional groups attached to an aromatic ring is 1. The third-order valence-electron chi connectivity index (χ3n) is 2.49. The summed E-state index contributed by atoms with van der Waals surface area (Å²) >= 11 is 0. The van der Waals surface area contributed by atoms with Gasteiger partial charge in [-0.1, -0.05) is 0 Å². The van der Waals surface area contributed by atoms with Crippen molar-refractivity contribution in [2.45, 2.75) is 20.4 Å². The van der Waals surface area contributed by atoms with Crippen LogP contribution in [-0.2, 0) is 13.6 Å². The Bertz CT molecular complexity index is 498. The van der Waals surface area contributed by atoms with Gasteiger partial charge in [0.1, 0.15) is 17.3 Å². The summed E-state index contributed by atoms with van der Waals surface area (Å²) in [6.07, 6.45) is 0. The van der Waals surface area contributed by atoms with E-state index in [-0.39, 0.29) is 0 Å². The molecule has 2 rings (SSSR count). The van der Waals surface area contributed by atoms with E-state index in [0.29, 0.717) is 12.2 Å². The van der Waals surface area contributed by atoms with Gasteiger partial charge in [-0.2, -0.15) is 5.10 Å². The van der Waals surface area contributed by atoms with Crippen LogP contribution < -0.4 is 11.1 Å². The van der Waals surface area contributed by atoms with Crippen molar-refractivity contribution in [1.29, 1.82) is 0 Å². The van der Waals surface area contributed by atoms with Gasteiger partial charge in [-0.05, 0) is 26.0 Å². The van der Waals surface area contributed by atoms with Gasteiger partial charge in [0.15, 0.2) is 0 Å². The molecule has 0 fully saturated rings. The first-order valence-corrected chi connectivity index (χ1v) is 5.16. The van der Waals surface area contributed by atoms with E-state index >= 15 is 0 Å². The van der Waals surface area contributed by atoms with Gasteiger partial charge in [-0.15, -0.1) is 0 Å². The second kappa shape index (κ2) is 3.92. The van der Waals surface area contributed by atoms with Crippen LogP contribution in [0.1, 0.15) is 17.2 Å². The number of anilines is 2. The summed E-state index contributed by atoms with van der Waals surface area (Å²) in [4.78, 5) is 0. The Labute approximate surface area is 94.2 Å². The molecule has 0 aliphatic carbocycles. The van der Waals surface area contributed by atoms with Crippen LogP contribution in [0.25, 0.3) is 0 Å². The van der Waals surface area contributed by atoms with Crippen molar-refractivity contribution in [2.24, 2.45) is 7.05 Å². The fraction of sp³-hybridized carbons (Fsp3) is 0.364. The molecule has 0 unspecified atom stereocenters. The minimum Gasteiger partial charge on any atom is -0.465 e. The Kier molecular flexibility index (Phi) is 2.60. The highest BCUT2D eigenvalue weighted by Gasteiger charge is 2.09. The standard InChI is InChI=1S/C11H16N4O/c1-7-4-5-9(16-7)6-13-11-10(12)8(2)14-15(11)3/h4-5,13H,6,12H2,1-3H3. The zero-order valence-electron chi connectivity index (χ0n) is 9.74. The van der Waals surface area contributed by atoms with Gasteiger partial charge >= 0.3 is 0 Å². The molecular formula is C11H16N4O. The molecule has 16 heavy (non-hydrogen) atoms. The maximum atomic E-state index is 5.90. The van der Waals surface area contributed by atoms with Gasteiger partial charge in [0.25, 0.3) is 0 Å². The Balaban J connectivity index is 2.10. The van der Waals surface area contributed by atoms with Gasteiger partial charge in [0, 0.05) is 7.05 Å². The average molecular weight is 220 g/mol. The van der Waals surface area contributed by atoms with Crippen molar-refractivity contribution >= 4 is 11.5 Å². The number of hydrogen-bond acceptors (Lipinski definition) is 4. The van der Waals surface area contributed by atoms with Crippen LogP contribution in [0, 0.1) is 13.8 Å². The summed E-state index contributed by atoms with van der Waals surface area (Å²) in [6, 6.07) is 3.89. The lowest BCUT2D eigenvalue weighted by Gasteiger charge is -2.05. The number of nitrogens with two attached hydrogens (primary N) is 1. The fourth-order valence-corrected chi connectivity index (χ4v) is 1.64. The van der Waals surface area contributed by atoms with E-state index in [9.17, 15) is 0 Å². The van der Waals surface area contributed by atoms with Gasteiger partial charge in [0.05, 0.1) is 17.9 Å². The molecule has 5 heteroatoms. The molecule has 3 N–H and O–H groups in total. The molecule has 0 amide bonds. The van der Waals surface area contributed by atoms with Crippen molar-refractivity contribution in [3.05, 3.63) is 29.3 Å². The maximum Gasteiger partial charge on any atom is 0.148 e. The smallest absolute Gasteiger partial charge is 0.148 e. The molecule has 0 radical (unpaired) electrons. The summed E-state index contributed by atoms with van der Waals surface area (Å²) in [7, 11) is 1.86. The molecular weight excluding hydrogens is 204 g/mol. The van der Waals surface area contributed by atoms with Crippen molar-refractivity contribution in [3.63, 3.8) is 0 Å². The fourth-order valence-electron chi connectivity index (χ4n) is 1.64. The first-order chi connectivity index (χ1) is 7.58. The van der Waals surface area contributed by atoms with Crippen molar-refractivity contribution in [2.75, 3.05) is 11.1 Å². The van der Waals surface area contributed by atoms with Crippen LogP contribution in [0.15, 0.2) is 16.5 Å². The predicted octanol–water partition coefficient (Wildman–Crippen LogP) is 1.82. The topological polar surface area (TPSA) is 69.0 Å². The third-order valence-corrected chi connectivity index (χ3v) is 2.49.